The molecule has 1 fully saturated rings. The highest BCUT2D eigenvalue weighted by molar-refractivity contribution is 7.99. The largest absolute Gasteiger partial charge is 0.161 e. The van der Waals surface area contributed by atoms with Gasteiger partial charge in [-0.05, 0) is 93.0 Å². The van der Waals surface area contributed by atoms with Crippen LogP contribution in [0.3, 0.4) is 0 Å². The molecule has 4 atom stereocenters. The van der Waals surface area contributed by atoms with Gasteiger partial charge in [-0.3, -0.25) is 0 Å². The van der Waals surface area contributed by atoms with Gasteiger partial charge in [-0.1, -0.05) is 58.1 Å². The Balaban J connectivity index is 2.59. The molecule has 0 nitrogen and oxygen atoms in total. The summed E-state index contributed by atoms with van der Waals surface area (Å²) in [6.45, 7) is 17.4. The Morgan fingerprint density at radius 3 is 2.52 bits per heavy atom. The molecule has 0 radical (unpaired) electrons. The fourth-order valence-electron chi connectivity index (χ4n) is 5.43. The van der Waals surface area contributed by atoms with E-state index in [1.165, 1.54) is 94.1 Å². The van der Waals surface area contributed by atoms with Crippen molar-refractivity contribution < 1.29 is 0 Å². The average Bonchev–Trinajstić information content (AvgIpc) is 2.63. The summed E-state index contributed by atoms with van der Waals surface area (Å²) in [5, 5.41) is 0. The number of hydrogen-bond donors (Lipinski definition) is 0. The molecule has 0 bridgehead atoms. The first-order chi connectivity index (χ1) is 13.0. The van der Waals surface area contributed by atoms with E-state index in [-0.39, 0.29) is 0 Å². The summed E-state index contributed by atoms with van der Waals surface area (Å²) in [6, 6.07) is 0. The smallest absolute Gasteiger partial charge is 0.000784 e. The molecule has 0 aromatic rings. The van der Waals surface area contributed by atoms with Gasteiger partial charge >= 0.3 is 0 Å². The van der Waals surface area contributed by atoms with Crippen molar-refractivity contribution in [3.63, 3.8) is 0 Å². The first-order valence-corrected chi connectivity index (χ1v) is 13.0. The van der Waals surface area contributed by atoms with Gasteiger partial charge in [0, 0.05) is 0 Å². The standard InChI is InChI=1S/C26H48S/c1-7-11-16-23(13-8-2)20-27-21-26(18-10-4)19-24(25(26)14-9-3)17-12-15-22(5)6/h8,23-25H,2,5,7,9-21H2,1,3-4,6H3. The Morgan fingerprint density at radius 1 is 1.15 bits per heavy atom. The second kappa shape index (κ2) is 13.9. The van der Waals surface area contributed by atoms with E-state index in [4.69, 9.17) is 0 Å². The van der Waals surface area contributed by atoms with E-state index in [0.29, 0.717) is 5.41 Å². The predicted octanol–water partition coefficient (Wildman–Crippen LogP) is 9.07. The summed E-state index contributed by atoms with van der Waals surface area (Å²) in [5.74, 6) is 5.56. The minimum absolute atomic E-state index is 0.646. The van der Waals surface area contributed by atoms with Gasteiger partial charge < -0.3 is 0 Å². The quantitative estimate of drug-likeness (QED) is 0.222. The highest BCUT2D eigenvalue weighted by atomic mass is 32.2. The predicted molar refractivity (Wildman–Crippen MR) is 128 cm³/mol. The second-order valence-corrected chi connectivity index (χ2v) is 10.4. The molecule has 1 aliphatic rings. The van der Waals surface area contributed by atoms with Crippen molar-refractivity contribution in [2.45, 2.75) is 105 Å². The third-order valence-electron chi connectivity index (χ3n) is 6.76. The normalized spacial score (nSPS) is 25.8. The van der Waals surface area contributed by atoms with Crippen molar-refractivity contribution in [1.82, 2.24) is 0 Å². The molecule has 1 saturated carbocycles. The monoisotopic (exact) mass is 392 g/mol. The SMILES string of the molecule is C=CCC(CCCC)CSCC1(CCC)CC(CCCC(=C)C)C1CCC. The van der Waals surface area contributed by atoms with Crippen LogP contribution in [0.25, 0.3) is 0 Å². The molecule has 27 heavy (non-hydrogen) atoms. The number of thioether (sulfide) groups is 1. The Labute approximate surface area is 176 Å². The molecule has 1 aliphatic carbocycles. The van der Waals surface area contributed by atoms with Gasteiger partial charge in [0.15, 0.2) is 0 Å². The molecule has 0 spiro atoms. The average molecular weight is 393 g/mol. The van der Waals surface area contributed by atoms with E-state index in [1.807, 2.05) is 0 Å². The van der Waals surface area contributed by atoms with Gasteiger partial charge in [0.05, 0.1) is 0 Å². The van der Waals surface area contributed by atoms with Crippen molar-refractivity contribution in [3.05, 3.63) is 24.8 Å². The Morgan fingerprint density at radius 2 is 1.93 bits per heavy atom. The molecular formula is C26H48S. The Hall–Kier alpha value is -0.170. The zero-order chi connectivity index (χ0) is 20.1. The molecule has 0 aromatic carbocycles. The maximum Gasteiger partial charge on any atom is -0.000784 e. The lowest BCUT2D eigenvalue weighted by atomic mass is 9.50. The topological polar surface area (TPSA) is 0 Å². The second-order valence-electron chi connectivity index (χ2n) is 9.37. The molecule has 1 heteroatoms. The van der Waals surface area contributed by atoms with Crippen LogP contribution in [0.2, 0.25) is 0 Å². The van der Waals surface area contributed by atoms with Gasteiger partial charge in [0.2, 0.25) is 0 Å². The zero-order valence-electron chi connectivity index (χ0n) is 19.0. The minimum atomic E-state index is 0.646. The molecule has 0 heterocycles. The van der Waals surface area contributed by atoms with Crippen LogP contribution in [-0.2, 0) is 0 Å². The summed E-state index contributed by atoms with van der Waals surface area (Å²) >= 11 is 2.27. The summed E-state index contributed by atoms with van der Waals surface area (Å²) in [7, 11) is 0. The van der Waals surface area contributed by atoms with Crippen molar-refractivity contribution >= 4 is 11.8 Å². The fraction of sp³-hybridized carbons (Fsp3) is 0.846. The van der Waals surface area contributed by atoms with Crippen LogP contribution >= 0.6 is 11.8 Å². The van der Waals surface area contributed by atoms with Crippen molar-refractivity contribution in [1.29, 1.82) is 0 Å². The molecule has 0 N–H and O–H groups in total. The third kappa shape index (κ3) is 8.38. The highest BCUT2D eigenvalue weighted by Crippen LogP contribution is 2.59. The maximum atomic E-state index is 4.09. The number of allylic oxidation sites excluding steroid dienone is 2. The Bertz CT molecular complexity index is 412. The van der Waals surface area contributed by atoms with E-state index < -0.39 is 0 Å². The zero-order valence-corrected chi connectivity index (χ0v) is 19.8. The fourth-order valence-corrected chi connectivity index (χ4v) is 7.06. The van der Waals surface area contributed by atoms with Crippen LogP contribution in [-0.4, -0.2) is 11.5 Å². The molecular weight excluding hydrogens is 344 g/mol. The first-order valence-electron chi connectivity index (χ1n) is 11.9. The van der Waals surface area contributed by atoms with Crippen LogP contribution < -0.4 is 0 Å². The lowest BCUT2D eigenvalue weighted by Gasteiger charge is -2.56. The summed E-state index contributed by atoms with van der Waals surface area (Å²) in [5.41, 5.74) is 2.00. The van der Waals surface area contributed by atoms with Gasteiger partial charge in [0.25, 0.3) is 0 Å². The molecule has 0 amide bonds. The summed E-state index contributed by atoms with van der Waals surface area (Å²) < 4.78 is 0. The van der Waals surface area contributed by atoms with Crippen molar-refractivity contribution in [3.8, 4) is 0 Å². The number of hydrogen-bond acceptors (Lipinski definition) is 1. The number of unbranched alkanes of at least 4 members (excludes halogenated alkanes) is 1. The highest BCUT2D eigenvalue weighted by Gasteiger charge is 2.51. The van der Waals surface area contributed by atoms with Gasteiger partial charge in [-0.25, -0.2) is 0 Å². The van der Waals surface area contributed by atoms with Crippen molar-refractivity contribution in [2.75, 3.05) is 11.5 Å². The van der Waals surface area contributed by atoms with Crippen LogP contribution in [0.1, 0.15) is 105 Å². The minimum Gasteiger partial charge on any atom is -0.161 e. The third-order valence-corrected chi connectivity index (χ3v) is 8.25. The lowest BCUT2D eigenvalue weighted by Crippen LogP contribution is -2.49. The van der Waals surface area contributed by atoms with E-state index in [9.17, 15) is 0 Å². The van der Waals surface area contributed by atoms with E-state index in [1.54, 1.807) is 0 Å². The molecule has 4 unspecified atom stereocenters. The maximum absolute atomic E-state index is 4.09. The van der Waals surface area contributed by atoms with Gasteiger partial charge in [0.1, 0.15) is 0 Å². The first kappa shape index (κ1) is 24.9. The van der Waals surface area contributed by atoms with E-state index in [2.05, 4.69) is 58.7 Å². The van der Waals surface area contributed by atoms with E-state index >= 15 is 0 Å². The summed E-state index contributed by atoms with van der Waals surface area (Å²) in [6.07, 6.45) is 18.5. The molecule has 0 aromatic heterocycles. The van der Waals surface area contributed by atoms with Gasteiger partial charge in [-0.2, -0.15) is 11.8 Å². The molecule has 158 valence electrons. The van der Waals surface area contributed by atoms with Gasteiger partial charge in [-0.15, -0.1) is 13.2 Å². The molecule has 0 aliphatic heterocycles. The lowest BCUT2D eigenvalue weighted by molar-refractivity contribution is -0.0419. The van der Waals surface area contributed by atoms with Crippen LogP contribution in [0.4, 0.5) is 0 Å². The Kier molecular flexibility index (Phi) is 12.8. The van der Waals surface area contributed by atoms with Crippen LogP contribution in [0.15, 0.2) is 24.8 Å². The van der Waals surface area contributed by atoms with Crippen LogP contribution in [0.5, 0.6) is 0 Å². The molecule has 0 saturated heterocycles. The molecule has 1 rings (SSSR count). The van der Waals surface area contributed by atoms with Crippen molar-refractivity contribution in [2.24, 2.45) is 23.2 Å². The van der Waals surface area contributed by atoms with E-state index in [0.717, 1.165) is 17.8 Å². The number of rotatable bonds is 17. The van der Waals surface area contributed by atoms with Crippen LogP contribution in [0, 0.1) is 23.2 Å². The summed E-state index contributed by atoms with van der Waals surface area (Å²) in [4.78, 5) is 0.